The third-order valence-corrected chi connectivity index (χ3v) is 6.09. The van der Waals surface area contributed by atoms with Gasteiger partial charge in [-0.1, -0.05) is 36.7 Å². The molecule has 3 aliphatic rings. The molecule has 0 saturated carbocycles. The number of rotatable bonds is 3. The van der Waals surface area contributed by atoms with Crippen molar-refractivity contribution in [3.05, 3.63) is 46.6 Å². The molecular formula is C19H23ClN2O. The first-order valence-corrected chi connectivity index (χ1v) is 8.75. The summed E-state index contributed by atoms with van der Waals surface area (Å²) in [4.78, 5) is 7.34. The minimum atomic E-state index is 0.204. The molecule has 2 heterocycles. The SMILES string of the molecule is COC1CC=C2C(C1)C1(C)CC=NC1N2Cc1ccc(Cl)cc1. The van der Waals surface area contributed by atoms with Gasteiger partial charge in [-0.2, -0.15) is 0 Å². The molecule has 0 spiro atoms. The molecule has 0 amide bonds. The summed E-state index contributed by atoms with van der Waals surface area (Å²) in [5, 5.41) is 0.789. The van der Waals surface area contributed by atoms with Crippen molar-refractivity contribution in [3.8, 4) is 0 Å². The van der Waals surface area contributed by atoms with Gasteiger partial charge in [0.2, 0.25) is 0 Å². The summed E-state index contributed by atoms with van der Waals surface area (Å²) in [7, 11) is 1.83. The van der Waals surface area contributed by atoms with Crippen LogP contribution in [0.15, 0.2) is 41.0 Å². The zero-order valence-corrected chi connectivity index (χ0v) is 14.5. The average Bonchev–Trinajstić information content (AvgIpc) is 3.05. The number of allylic oxidation sites excluding steroid dienone is 1. The Morgan fingerprint density at radius 2 is 2.13 bits per heavy atom. The first-order valence-electron chi connectivity index (χ1n) is 8.37. The van der Waals surface area contributed by atoms with Gasteiger partial charge in [-0.15, -0.1) is 0 Å². The van der Waals surface area contributed by atoms with Crippen LogP contribution < -0.4 is 0 Å². The van der Waals surface area contributed by atoms with E-state index in [9.17, 15) is 0 Å². The Morgan fingerprint density at radius 3 is 2.87 bits per heavy atom. The van der Waals surface area contributed by atoms with Gasteiger partial charge in [0.05, 0.1) is 6.10 Å². The summed E-state index contributed by atoms with van der Waals surface area (Å²) in [6.45, 7) is 3.29. The number of ether oxygens (including phenoxy) is 1. The number of hydrogen-bond donors (Lipinski definition) is 0. The largest absolute Gasteiger partial charge is 0.381 e. The van der Waals surface area contributed by atoms with E-state index in [4.69, 9.17) is 21.3 Å². The Kier molecular flexibility index (Phi) is 3.73. The predicted octanol–water partition coefficient (Wildman–Crippen LogP) is 4.27. The van der Waals surface area contributed by atoms with Crippen molar-refractivity contribution in [2.75, 3.05) is 7.11 Å². The van der Waals surface area contributed by atoms with Gasteiger partial charge < -0.3 is 9.64 Å². The van der Waals surface area contributed by atoms with Gasteiger partial charge in [0, 0.05) is 41.9 Å². The molecule has 4 atom stereocenters. The Bertz CT molecular complexity index is 654. The lowest BCUT2D eigenvalue weighted by molar-refractivity contribution is 0.0618. The van der Waals surface area contributed by atoms with Crippen molar-refractivity contribution in [3.63, 3.8) is 0 Å². The molecule has 3 nitrogen and oxygen atoms in total. The van der Waals surface area contributed by atoms with Crippen LogP contribution in [0.5, 0.6) is 0 Å². The molecule has 23 heavy (non-hydrogen) atoms. The fourth-order valence-electron chi connectivity index (χ4n) is 4.48. The molecule has 4 rings (SSSR count). The summed E-state index contributed by atoms with van der Waals surface area (Å²) >= 11 is 6.02. The maximum absolute atomic E-state index is 6.02. The average molecular weight is 331 g/mol. The maximum atomic E-state index is 6.02. The van der Waals surface area contributed by atoms with Gasteiger partial charge in [-0.3, -0.25) is 4.99 Å². The van der Waals surface area contributed by atoms with E-state index in [0.29, 0.717) is 12.0 Å². The van der Waals surface area contributed by atoms with Crippen LogP contribution in [-0.4, -0.2) is 30.5 Å². The monoisotopic (exact) mass is 330 g/mol. The highest BCUT2D eigenvalue weighted by atomic mass is 35.5. The van der Waals surface area contributed by atoms with E-state index in [1.165, 1.54) is 11.3 Å². The van der Waals surface area contributed by atoms with Crippen molar-refractivity contribution in [2.45, 2.75) is 45.0 Å². The fourth-order valence-corrected chi connectivity index (χ4v) is 4.61. The number of halogens is 1. The van der Waals surface area contributed by atoms with E-state index < -0.39 is 0 Å². The number of methoxy groups -OCH3 is 1. The van der Waals surface area contributed by atoms with Gasteiger partial charge in [-0.25, -0.2) is 0 Å². The van der Waals surface area contributed by atoms with E-state index in [1.54, 1.807) is 0 Å². The van der Waals surface area contributed by atoms with Crippen LogP contribution in [0, 0.1) is 11.3 Å². The highest BCUT2D eigenvalue weighted by Crippen LogP contribution is 2.56. The quantitative estimate of drug-likeness (QED) is 0.826. The normalized spacial score (nSPS) is 35.2. The molecule has 4 unspecified atom stereocenters. The molecule has 4 heteroatoms. The number of hydrogen-bond acceptors (Lipinski definition) is 3. The van der Waals surface area contributed by atoms with E-state index in [0.717, 1.165) is 30.8 Å². The van der Waals surface area contributed by atoms with E-state index in [-0.39, 0.29) is 11.6 Å². The van der Waals surface area contributed by atoms with Gasteiger partial charge in [0.15, 0.2) is 0 Å². The lowest BCUT2D eigenvalue weighted by Crippen LogP contribution is -2.34. The molecule has 1 fully saturated rings. The first-order chi connectivity index (χ1) is 11.1. The molecule has 0 radical (unpaired) electrons. The number of likely N-dealkylation sites (tertiary alicyclic amines) is 1. The Hall–Kier alpha value is -1.32. The summed E-state index contributed by atoms with van der Waals surface area (Å²) in [5.41, 5.74) is 2.96. The maximum Gasteiger partial charge on any atom is 0.127 e. The number of nitrogens with zero attached hydrogens (tertiary/aromatic N) is 2. The van der Waals surface area contributed by atoms with Crippen LogP contribution in [0.1, 0.15) is 31.7 Å². The second kappa shape index (κ2) is 5.64. The third kappa shape index (κ3) is 2.41. The number of benzene rings is 1. The number of fused-ring (bicyclic) bond motifs is 3. The van der Waals surface area contributed by atoms with E-state index >= 15 is 0 Å². The topological polar surface area (TPSA) is 24.8 Å². The molecule has 0 bridgehead atoms. The van der Waals surface area contributed by atoms with Gasteiger partial charge >= 0.3 is 0 Å². The Labute approximate surface area is 143 Å². The summed E-state index contributed by atoms with van der Waals surface area (Å²) in [6.07, 6.45) is 8.28. The minimum Gasteiger partial charge on any atom is -0.381 e. The zero-order chi connectivity index (χ0) is 16.0. The molecule has 1 aliphatic carbocycles. The summed E-state index contributed by atoms with van der Waals surface area (Å²) in [5.74, 6) is 0.543. The standard InChI is InChI=1S/C19H23ClN2O/c1-19-9-10-21-18(19)22(12-13-3-5-14(20)6-4-13)17-8-7-15(23-2)11-16(17)19/h3-6,8,10,15-16,18H,7,9,11-12H2,1-2H3. The molecule has 1 aromatic rings. The lowest BCUT2D eigenvalue weighted by Gasteiger charge is -2.33. The van der Waals surface area contributed by atoms with Crippen molar-refractivity contribution < 1.29 is 4.74 Å². The Morgan fingerprint density at radius 1 is 1.35 bits per heavy atom. The Balaban J connectivity index is 1.66. The molecule has 1 saturated heterocycles. The third-order valence-electron chi connectivity index (χ3n) is 5.84. The molecule has 0 N–H and O–H groups in total. The molecular weight excluding hydrogens is 308 g/mol. The van der Waals surface area contributed by atoms with Gasteiger partial charge in [-0.05, 0) is 37.0 Å². The first kappa shape index (κ1) is 15.2. The second-order valence-electron chi connectivity index (χ2n) is 7.18. The van der Waals surface area contributed by atoms with E-state index in [2.05, 4.69) is 36.2 Å². The van der Waals surface area contributed by atoms with Crippen LogP contribution in [0.25, 0.3) is 0 Å². The highest BCUT2D eigenvalue weighted by molar-refractivity contribution is 6.30. The zero-order valence-electron chi connectivity index (χ0n) is 13.7. The van der Waals surface area contributed by atoms with E-state index in [1.807, 2.05) is 19.2 Å². The van der Waals surface area contributed by atoms with Gasteiger partial charge in [0.25, 0.3) is 0 Å². The highest BCUT2D eigenvalue weighted by Gasteiger charge is 2.56. The second-order valence-corrected chi connectivity index (χ2v) is 7.62. The molecule has 122 valence electrons. The van der Waals surface area contributed by atoms with Crippen molar-refractivity contribution in [2.24, 2.45) is 16.3 Å². The van der Waals surface area contributed by atoms with Crippen LogP contribution in [0.2, 0.25) is 5.02 Å². The van der Waals surface area contributed by atoms with Gasteiger partial charge in [0.1, 0.15) is 6.17 Å². The van der Waals surface area contributed by atoms with Crippen molar-refractivity contribution >= 4 is 17.8 Å². The van der Waals surface area contributed by atoms with Crippen LogP contribution in [0.3, 0.4) is 0 Å². The smallest absolute Gasteiger partial charge is 0.127 e. The minimum absolute atomic E-state index is 0.204. The van der Waals surface area contributed by atoms with Crippen LogP contribution in [-0.2, 0) is 11.3 Å². The van der Waals surface area contributed by atoms with Crippen LogP contribution >= 0.6 is 11.6 Å². The summed E-state index contributed by atoms with van der Waals surface area (Å²) in [6, 6.07) is 8.18. The molecule has 2 aliphatic heterocycles. The van der Waals surface area contributed by atoms with Crippen molar-refractivity contribution in [1.82, 2.24) is 4.90 Å². The van der Waals surface area contributed by atoms with Crippen LogP contribution in [0.4, 0.5) is 0 Å². The number of aliphatic imine (C=N–C) groups is 1. The summed E-state index contributed by atoms with van der Waals surface area (Å²) < 4.78 is 5.64. The van der Waals surface area contributed by atoms with Crippen molar-refractivity contribution in [1.29, 1.82) is 0 Å². The predicted molar refractivity (Wildman–Crippen MR) is 93.6 cm³/mol. The molecule has 0 aromatic heterocycles. The molecule has 1 aromatic carbocycles. The fraction of sp³-hybridized carbons (Fsp3) is 0.526. The lowest BCUT2D eigenvalue weighted by atomic mass is 9.71.